The van der Waals surface area contributed by atoms with Crippen LogP contribution in [0.15, 0.2) is 48.9 Å². The first-order chi connectivity index (χ1) is 12.1. The van der Waals surface area contributed by atoms with Crippen LogP contribution in [0.1, 0.15) is 11.1 Å². The van der Waals surface area contributed by atoms with Gasteiger partial charge in [-0.2, -0.15) is 0 Å². The summed E-state index contributed by atoms with van der Waals surface area (Å²) in [6.07, 6.45) is 8.22. The molecule has 0 aliphatic carbocycles. The number of amides is 1. The number of hydrogen-bond acceptors (Lipinski definition) is 4. The monoisotopic (exact) mass is 329 g/mol. The summed E-state index contributed by atoms with van der Waals surface area (Å²) in [5.74, 6) is -0.506. The van der Waals surface area contributed by atoms with Crippen LogP contribution in [0.5, 0.6) is 0 Å². The number of hydrogen-bond donors (Lipinski definition) is 2. The summed E-state index contributed by atoms with van der Waals surface area (Å²) in [5.41, 5.74) is 11.0. The van der Waals surface area contributed by atoms with E-state index in [1.807, 2.05) is 30.5 Å². The van der Waals surface area contributed by atoms with E-state index in [9.17, 15) is 4.79 Å². The van der Waals surface area contributed by atoms with E-state index >= 15 is 0 Å². The molecule has 0 aliphatic rings. The molecule has 0 radical (unpaired) electrons. The molecule has 0 saturated carbocycles. The van der Waals surface area contributed by atoms with E-state index < -0.39 is 5.91 Å². The molecule has 0 spiro atoms. The number of rotatable bonds is 3. The van der Waals surface area contributed by atoms with E-state index in [0.717, 1.165) is 33.3 Å². The van der Waals surface area contributed by atoms with Crippen molar-refractivity contribution >= 4 is 34.1 Å². The van der Waals surface area contributed by atoms with Crippen molar-refractivity contribution in [3.63, 3.8) is 0 Å². The molecule has 3 N–H and O–H groups in total. The molecule has 3 aromatic heterocycles. The maximum Gasteiger partial charge on any atom is 0.241 e. The van der Waals surface area contributed by atoms with E-state index in [0.29, 0.717) is 11.2 Å². The highest BCUT2D eigenvalue weighted by atomic mass is 16.1. The number of fused-ring (bicyclic) bond motifs is 2. The van der Waals surface area contributed by atoms with E-state index in [-0.39, 0.29) is 0 Å². The summed E-state index contributed by atoms with van der Waals surface area (Å²) in [4.78, 5) is 27.7. The first-order valence-electron chi connectivity index (χ1n) is 7.80. The highest BCUT2D eigenvalue weighted by molar-refractivity contribution is 5.94. The molecule has 6 nitrogen and oxygen atoms in total. The molecule has 0 aliphatic heterocycles. The van der Waals surface area contributed by atoms with Gasteiger partial charge >= 0.3 is 0 Å². The Morgan fingerprint density at radius 3 is 2.88 bits per heavy atom. The van der Waals surface area contributed by atoms with E-state index in [1.54, 1.807) is 18.5 Å². The molecule has 4 aromatic rings. The molecule has 0 atom stereocenters. The zero-order valence-electron chi connectivity index (χ0n) is 13.5. The number of aryl methyl sites for hydroxylation is 1. The summed E-state index contributed by atoms with van der Waals surface area (Å²) in [6.45, 7) is 2.05. The summed E-state index contributed by atoms with van der Waals surface area (Å²) in [5, 5.41) is 1.09. The molecule has 1 amide bonds. The molecule has 25 heavy (non-hydrogen) atoms. The first-order valence-corrected chi connectivity index (χ1v) is 7.80. The Kier molecular flexibility index (Phi) is 3.50. The summed E-state index contributed by atoms with van der Waals surface area (Å²) >= 11 is 0. The van der Waals surface area contributed by atoms with Gasteiger partial charge in [-0.15, -0.1) is 0 Å². The molecule has 3 heterocycles. The summed E-state index contributed by atoms with van der Waals surface area (Å²) in [7, 11) is 0. The third-order valence-electron chi connectivity index (χ3n) is 4.16. The molecule has 6 heteroatoms. The Morgan fingerprint density at radius 2 is 2.04 bits per heavy atom. The number of primary amides is 1. The molecular weight excluding hydrogens is 314 g/mol. The Hall–Kier alpha value is -3.54. The second-order valence-corrected chi connectivity index (χ2v) is 5.75. The average molecular weight is 329 g/mol. The molecule has 0 saturated heterocycles. The molecule has 0 unspecified atom stereocenters. The lowest BCUT2D eigenvalue weighted by Crippen LogP contribution is -2.05. The maximum atomic E-state index is 11.0. The number of benzene rings is 1. The molecule has 0 fully saturated rings. The third kappa shape index (κ3) is 2.63. The predicted molar refractivity (Wildman–Crippen MR) is 97.6 cm³/mol. The van der Waals surface area contributed by atoms with Crippen LogP contribution in [0.25, 0.3) is 39.4 Å². The topological polar surface area (TPSA) is 97.6 Å². The lowest BCUT2D eigenvalue weighted by Gasteiger charge is -2.08. The van der Waals surface area contributed by atoms with Crippen molar-refractivity contribution in [3.05, 3.63) is 60.1 Å². The van der Waals surface area contributed by atoms with Gasteiger partial charge in [0.15, 0.2) is 5.65 Å². The van der Waals surface area contributed by atoms with Gasteiger partial charge in [-0.25, -0.2) is 9.97 Å². The number of aromatic amines is 1. The second kappa shape index (κ2) is 5.83. The number of nitrogens with zero attached hydrogens (tertiary/aromatic N) is 3. The molecule has 4 rings (SSSR count). The minimum Gasteiger partial charge on any atom is -0.366 e. The molecule has 1 aromatic carbocycles. The number of H-pyrrole nitrogens is 1. The van der Waals surface area contributed by atoms with Gasteiger partial charge in [0.05, 0.1) is 17.4 Å². The largest absolute Gasteiger partial charge is 0.366 e. The summed E-state index contributed by atoms with van der Waals surface area (Å²) in [6, 6.07) is 8.00. The van der Waals surface area contributed by atoms with Crippen LogP contribution in [0, 0.1) is 6.92 Å². The van der Waals surface area contributed by atoms with E-state index in [4.69, 9.17) is 10.7 Å². The Balaban J connectivity index is 1.88. The SMILES string of the molecule is Cc1c(-c2cnc3[nH]cc(/C=C/C(N)=O)c3n2)cnc2ccccc12. The number of carbonyl (C=O) groups excluding carboxylic acids is 1. The zero-order chi connectivity index (χ0) is 17.4. The molecule has 122 valence electrons. The molecule has 0 bridgehead atoms. The van der Waals surface area contributed by atoms with Gasteiger partial charge in [0.1, 0.15) is 5.52 Å². The van der Waals surface area contributed by atoms with Crippen LogP contribution in [0.2, 0.25) is 0 Å². The van der Waals surface area contributed by atoms with Crippen LogP contribution in [-0.2, 0) is 4.79 Å². The fraction of sp³-hybridized carbons (Fsp3) is 0.0526. The minimum absolute atomic E-state index is 0.506. The minimum atomic E-state index is -0.506. The lowest BCUT2D eigenvalue weighted by atomic mass is 10.0. The van der Waals surface area contributed by atoms with Gasteiger partial charge in [-0.1, -0.05) is 18.2 Å². The first kappa shape index (κ1) is 15.0. The summed E-state index contributed by atoms with van der Waals surface area (Å²) < 4.78 is 0. The highest BCUT2D eigenvalue weighted by Gasteiger charge is 2.11. The van der Waals surface area contributed by atoms with Crippen LogP contribution >= 0.6 is 0 Å². The third-order valence-corrected chi connectivity index (χ3v) is 4.16. The fourth-order valence-electron chi connectivity index (χ4n) is 2.88. The normalized spacial score (nSPS) is 11.6. The van der Waals surface area contributed by atoms with Crippen LogP contribution in [0.3, 0.4) is 0 Å². The Bertz CT molecular complexity index is 1140. The van der Waals surface area contributed by atoms with Crippen molar-refractivity contribution in [2.75, 3.05) is 0 Å². The maximum absolute atomic E-state index is 11.0. The van der Waals surface area contributed by atoms with Gasteiger partial charge in [-0.05, 0) is 24.6 Å². The number of nitrogens with two attached hydrogens (primary N) is 1. The van der Waals surface area contributed by atoms with Crippen LogP contribution in [0.4, 0.5) is 0 Å². The predicted octanol–water partition coefficient (Wildman–Crippen LogP) is 2.98. The van der Waals surface area contributed by atoms with Gasteiger partial charge in [0.2, 0.25) is 5.91 Å². The lowest BCUT2D eigenvalue weighted by molar-refractivity contribution is -0.113. The molecular formula is C19H15N5O. The van der Waals surface area contributed by atoms with Crippen molar-refractivity contribution in [3.8, 4) is 11.3 Å². The van der Waals surface area contributed by atoms with Crippen LogP contribution < -0.4 is 5.73 Å². The van der Waals surface area contributed by atoms with Gasteiger partial charge in [0, 0.05) is 35.0 Å². The van der Waals surface area contributed by atoms with Crippen molar-refractivity contribution in [1.82, 2.24) is 19.9 Å². The van der Waals surface area contributed by atoms with Gasteiger partial charge < -0.3 is 10.7 Å². The van der Waals surface area contributed by atoms with Crippen molar-refractivity contribution in [2.24, 2.45) is 5.73 Å². The fourth-order valence-corrected chi connectivity index (χ4v) is 2.88. The van der Waals surface area contributed by atoms with E-state index in [2.05, 4.69) is 21.9 Å². The smallest absolute Gasteiger partial charge is 0.241 e. The Morgan fingerprint density at radius 1 is 1.20 bits per heavy atom. The Labute approximate surface area is 143 Å². The van der Waals surface area contributed by atoms with Gasteiger partial charge in [0.25, 0.3) is 0 Å². The van der Waals surface area contributed by atoms with Crippen LogP contribution in [-0.4, -0.2) is 25.8 Å². The van der Waals surface area contributed by atoms with Crippen molar-refractivity contribution in [1.29, 1.82) is 0 Å². The van der Waals surface area contributed by atoms with Crippen molar-refractivity contribution < 1.29 is 4.79 Å². The number of para-hydroxylation sites is 1. The number of nitrogens with one attached hydrogen (secondary N) is 1. The average Bonchev–Trinajstić information content (AvgIpc) is 3.03. The number of aromatic nitrogens is 4. The van der Waals surface area contributed by atoms with E-state index in [1.165, 1.54) is 6.08 Å². The zero-order valence-corrected chi connectivity index (χ0v) is 13.5. The highest BCUT2D eigenvalue weighted by Crippen LogP contribution is 2.28. The number of carbonyl (C=O) groups is 1. The second-order valence-electron chi connectivity index (χ2n) is 5.75. The van der Waals surface area contributed by atoms with Crippen molar-refractivity contribution in [2.45, 2.75) is 6.92 Å². The van der Waals surface area contributed by atoms with Gasteiger partial charge in [-0.3, -0.25) is 9.78 Å². The standard InChI is InChI=1S/C19H15N5O/c1-11-13-4-2-3-5-15(13)21-9-14(11)16-10-23-19-18(24-16)12(8-22-19)6-7-17(20)25/h2-10H,1H3,(H2,20,25)(H,22,23)/b7-6+. The quantitative estimate of drug-likeness (QED) is 0.565. The number of pyridine rings is 1.